The fraction of sp³-hybridized carbons (Fsp3) is 0. The lowest BCUT2D eigenvalue weighted by molar-refractivity contribution is 0.914. The van der Waals surface area contributed by atoms with Crippen LogP contribution in [0.5, 0.6) is 0 Å². The predicted molar refractivity (Wildman–Crippen MR) is 47.1 cm³/mol. The standard InChI is InChI=1S/C2N6S4/c3-1(9-7-5-3)11-12-2-4-6-8-10-2. The largest absolute Gasteiger partial charge is 0.205 e. The van der Waals surface area contributed by atoms with Crippen LogP contribution in [0.3, 0.4) is 0 Å². The minimum atomic E-state index is 0.801. The number of aromatic nitrogens is 6. The molecule has 0 saturated heterocycles. The monoisotopic (exact) mass is 236 g/mol. The van der Waals surface area contributed by atoms with E-state index in [4.69, 9.17) is 0 Å². The summed E-state index contributed by atoms with van der Waals surface area (Å²) in [5.74, 6) is 0. The van der Waals surface area contributed by atoms with Crippen molar-refractivity contribution in [2.45, 2.75) is 8.68 Å². The summed E-state index contributed by atoms with van der Waals surface area (Å²) in [6.07, 6.45) is 0. The van der Waals surface area contributed by atoms with Gasteiger partial charge in [0.05, 0.1) is 0 Å². The third-order valence-electron chi connectivity index (χ3n) is 0.748. The number of rotatable bonds is 3. The molecule has 12 heavy (non-hydrogen) atoms. The SMILES string of the molecule is n1nsc(SSc2nnns2)n1. The maximum atomic E-state index is 3.75. The van der Waals surface area contributed by atoms with Gasteiger partial charge >= 0.3 is 0 Å². The Morgan fingerprint density at radius 3 is 1.67 bits per heavy atom. The summed E-state index contributed by atoms with van der Waals surface area (Å²) in [5, 5.41) is 14.4. The molecule has 2 aromatic heterocycles. The topological polar surface area (TPSA) is 77.3 Å². The summed E-state index contributed by atoms with van der Waals surface area (Å²) in [5.41, 5.74) is 0. The molecule has 0 unspecified atom stereocenters. The van der Waals surface area contributed by atoms with Crippen LogP contribution in [0.2, 0.25) is 0 Å². The Morgan fingerprint density at radius 1 is 0.833 bits per heavy atom. The van der Waals surface area contributed by atoms with Crippen molar-refractivity contribution < 1.29 is 0 Å². The molecule has 6 nitrogen and oxygen atoms in total. The predicted octanol–water partition coefficient (Wildman–Crippen LogP) is 0.979. The molecule has 0 radical (unpaired) electrons. The molecule has 0 aliphatic carbocycles. The second-order valence-electron chi connectivity index (χ2n) is 1.42. The lowest BCUT2D eigenvalue weighted by atomic mass is 11.6. The molecule has 0 spiro atoms. The summed E-state index contributed by atoms with van der Waals surface area (Å²) >= 11 is 2.50. The highest BCUT2D eigenvalue weighted by atomic mass is 33.1. The first kappa shape index (κ1) is 8.29. The number of nitrogens with zero attached hydrogens (tertiary/aromatic N) is 6. The van der Waals surface area contributed by atoms with Gasteiger partial charge in [-0.05, 0) is 32.0 Å². The molecule has 0 bridgehead atoms. The van der Waals surface area contributed by atoms with Crippen LogP contribution in [-0.4, -0.2) is 29.6 Å². The van der Waals surface area contributed by atoms with Crippen LogP contribution in [-0.2, 0) is 0 Å². The Morgan fingerprint density at radius 2 is 1.33 bits per heavy atom. The van der Waals surface area contributed by atoms with Crippen molar-refractivity contribution >= 4 is 44.7 Å². The summed E-state index contributed by atoms with van der Waals surface area (Å²) in [4.78, 5) is 0. The molecule has 0 aliphatic rings. The molecule has 2 aromatic rings. The van der Waals surface area contributed by atoms with E-state index in [1.807, 2.05) is 0 Å². The van der Waals surface area contributed by atoms with Crippen LogP contribution in [0.4, 0.5) is 0 Å². The van der Waals surface area contributed by atoms with Gasteiger partial charge < -0.3 is 0 Å². The quantitative estimate of drug-likeness (QED) is 0.730. The highest BCUT2D eigenvalue weighted by molar-refractivity contribution is 8.77. The number of hydrogen-bond acceptors (Lipinski definition) is 10. The molecule has 0 aliphatic heterocycles. The van der Waals surface area contributed by atoms with Gasteiger partial charge in [0.15, 0.2) is 0 Å². The van der Waals surface area contributed by atoms with Crippen molar-refractivity contribution in [2.24, 2.45) is 0 Å². The molecule has 10 heteroatoms. The van der Waals surface area contributed by atoms with Crippen LogP contribution in [0.15, 0.2) is 8.68 Å². The van der Waals surface area contributed by atoms with Gasteiger partial charge in [-0.2, -0.15) is 0 Å². The smallest absolute Gasteiger partial charge is 0.109 e. The summed E-state index contributed by atoms with van der Waals surface area (Å²) in [6, 6.07) is 0. The molecular weight excluding hydrogens is 236 g/mol. The summed E-state index contributed by atoms with van der Waals surface area (Å²) in [6.45, 7) is 0. The van der Waals surface area contributed by atoms with Gasteiger partial charge in [-0.3, -0.25) is 0 Å². The van der Waals surface area contributed by atoms with Gasteiger partial charge in [0.2, 0.25) is 8.68 Å². The van der Waals surface area contributed by atoms with Crippen molar-refractivity contribution in [3.8, 4) is 0 Å². The minimum Gasteiger partial charge on any atom is -0.109 e. The highest BCUT2D eigenvalue weighted by Crippen LogP contribution is 2.36. The average Bonchev–Trinajstić information content (AvgIpc) is 2.74. The maximum Gasteiger partial charge on any atom is 0.205 e. The van der Waals surface area contributed by atoms with E-state index >= 15 is 0 Å². The molecular formula is C2N6S4. The van der Waals surface area contributed by atoms with E-state index in [1.165, 1.54) is 44.7 Å². The van der Waals surface area contributed by atoms with Crippen molar-refractivity contribution in [1.29, 1.82) is 0 Å². The van der Waals surface area contributed by atoms with E-state index in [0.29, 0.717) is 0 Å². The van der Waals surface area contributed by atoms with Gasteiger partial charge in [-0.25, -0.2) is 0 Å². The van der Waals surface area contributed by atoms with Crippen LogP contribution in [0.1, 0.15) is 0 Å². The van der Waals surface area contributed by atoms with Gasteiger partial charge in [0.25, 0.3) is 0 Å². The molecule has 0 amide bonds. The maximum absolute atomic E-state index is 3.75. The Bertz CT molecular complexity index is 281. The molecule has 0 N–H and O–H groups in total. The first-order chi connectivity index (χ1) is 5.95. The van der Waals surface area contributed by atoms with Gasteiger partial charge in [0, 0.05) is 23.1 Å². The zero-order chi connectivity index (χ0) is 8.23. The molecule has 0 saturated carbocycles. The van der Waals surface area contributed by atoms with E-state index < -0.39 is 0 Å². The van der Waals surface area contributed by atoms with Gasteiger partial charge in [-0.1, -0.05) is 8.98 Å². The van der Waals surface area contributed by atoms with Crippen molar-refractivity contribution in [3.05, 3.63) is 0 Å². The van der Waals surface area contributed by atoms with Crippen LogP contribution in [0, 0.1) is 0 Å². The third kappa shape index (κ3) is 2.09. The molecule has 0 aromatic carbocycles. The van der Waals surface area contributed by atoms with Gasteiger partial charge in [-0.15, -0.1) is 10.2 Å². The summed E-state index contributed by atoms with van der Waals surface area (Å²) in [7, 11) is 2.90. The molecule has 2 heterocycles. The highest BCUT2D eigenvalue weighted by Gasteiger charge is 2.03. The van der Waals surface area contributed by atoms with E-state index in [-0.39, 0.29) is 0 Å². The van der Waals surface area contributed by atoms with E-state index in [1.54, 1.807) is 0 Å². The van der Waals surface area contributed by atoms with E-state index in [9.17, 15) is 0 Å². The third-order valence-corrected chi connectivity index (χ3v) is 4.84. The van der Waals surface area contributed by atoms with Crippen molar-refractivity contribution in [2.75, 3.05) is 0 Å². The normalized spacial score (nSPS) is 10.3. The fourth-order valence-electron chi connectivity index (χ4n) is 0.387. The van der Waals surface area contributed by atoms with Crippen molar-refractivity contribution in [3.63, 3.8) is 0 Å². The fourth-order valence-corrected chi connectivity index (χ4v) is 3.33. The zero-order valence-electron chi connectivity index (χ0n) is 5.32. The Balaban J connectivity index is 1.91. The Kier molecular flexibility index (Phi) is 2.81. The van der Waals surface area contributed by atoms with Gasteiger partial charge in [0.1, 0.15) is 0 Å². The van der Waals surface area contributed by atoms with Crippen LogP contribution in [0.25, 0.3) is 0 Å². The summed E-state index contributed by atoms with van der Waals surface area (Å²) < 4.78 is 8.84. The van der Waals surface area contributed by atoms with Crippen molar-refractivity contribution in [1.82, 2.24) is 29.6 Å². The van der Waals surface area contributed by atoms with E-state index in [2.05, 4.69) is 29.6 Å². The molecule has 2 rings (SSSR count). The Labute approximate surface area is 82.9 Å². The van der Waals surface area contributed by atoms with Crippen LogP contribution < -0.4 is 0 Å². The first-order valence-electron chi connectivity index (χ1n) is 2.60. The second-order valence-corrected chi connectivity index (χ2v) is 5.51. The first-order valence-corrected chi connectivity index (χ1v) is 6.29. The molecule has 0 fully saturated rings. The molecule has 62 valence electrons. The lowest BCUT2D eigenvalue weighted by Gasteiger charge is -1.85. The second kappa shape index (κ2) is 4.07. The average molecular weight is 236 g/mol. The van der Waals surface area contributed by atoms with E-state index in [0.717, 1.165) is 8.68 Å². The number of hydrogen-bond donors (Lipinski definition) is 0. The zero-order valence-corrected chi connectivity index (χ0v) is 8.58. The minimum absolute atomic E-state index is 0.801. The van der Waals surface area contributed by atoms with Crippen LogP contribution >= 0.6 is 44.7 Å². The molecule has 0 atom stereocenters. The Hall–Kier alpha value is -0.320. The lowest BCUT2D eigenvalue weighted by Crippen LogP contribution is -1.69.